The van der Waals surface area contributed by atoms with E-state index in [0.717, 1.165) is 0 Å². The Morgan fingerprint density at radius 1 is 0.850 bits per heavy atom. The summed E-state index contributed by atoms with van der Waals surface area (Å²) in [5.41, 5.74) is 0.787. The van der Waals surface area contributed by atoms with Crippen molar-refractivity contribution in [1.82, 2.24) is 18.4 Å². The number of piperazine rings is 2. The first-order valence-corrected chi connectivity index (χ1v) is 15.8. The van der Waals surface area contributed by atoms with Crippen LogP contribution in [0.4, 0.5) is 0 Å². The van der Waals surface area contributed by atoms with Crippen LogP contribution in [0.2, 0.25) is 0 Å². The lowest BCUT2D eigenvalue weighted by atomic mass is 10.1. The third kappa shape index (κ3) is 6.87. The molecule has 2 saturated heterocycles. The highest BCUT2D eigenvalue weighted by Crippen LogP contribution is 2.32. The van der Waals surface area contributed by atoms with Gasteiger partial charge in [0, 0.05) is 64.0 Å². The molecule has 0 atom stereocenters. The highest BCUT2D eigenvalue weighted by Gasteiger charge is 2.32. The Balaban J connectivity index is 1.53. The number of carboxylic acids is 1. The average molecular weight is 594 g/mol. The van der Waals surface area contributed by atoms with E-state index in [1.807, 2.05) is 4.90 Å². The molecule has 217 valence electrons. The fraction of sp³-hybridized carbons (Fsp3) is 0.462. The van der Waals surface area contributed by atoms with E-state index >= 15 is 0 Å². The summed E-state index contributed by atoms with van der Waals surface area (Å²) >= 11 is 0. The molecule has 2 fully saturated rings. The highest BCUT2D eigenvalue weighted by atomic mass is 32.2. The number of carboxylic acid groups (broad SMARTS) is 1. The molecule has 0 aliphatic carbocycles. The first kappa shape index (κ1) is 30.1. The summed E-state index contributed by atoms with van der Waals surface area (Å²) in [6, 6.07) is 13.7. The fourth-order valence-corrected chi connectivity index (χ4v) is 7.86. The monoisotopic (exact) mass is 593 g/mol. The second kappa shape index (κ2) is 12.7. The number of hydrogen-bond acceptors (Lipinski definition) is 9. The van der Waals surface area contributed by atoms with Crippen LogP contribution in [0.5, 0.6) is 0 Å². The fourth-order valence-electron chi connectivity index (χ4n) is 4.81. The van der Waals surface area contributed by atoms with Crippen molar-refractivity contribution in [2.45, 2.75) is 16.7 Å². The van der Waals surface area contributed by atoms with Gasteiger partial charge in [0.2, 0.25) is 20.0 Å². The van der Waals surface area contributed by atoms with E-state index in [1.54, 1.807) is 36.1 Å². The van der Waals surface area contributed by atoms with E-state index in [4.69, 9.17) is 9.84 Å². The Morgan fingerprint density at radius 3 is 2.02 bits per heavy atom. The van der Waals surface area contributed by atoms with Gasteiger partial charge in [-0.2, -0.15) is 8.61 Å². The molecule has 2 heterocycles. The molecule has 0 spiro atoms. The molecule has 0 bridgehead atoms. The van der Waals surface area contributed by atoms with Gasteiger partial charge in [-0.1, -0.05) is 30.3 Å². The van der Waals surface area contributed by atoms with E-state index in [2.05, 4.69) is 6.07 Å². The quantitative estimate of drug-likeness (QED) is 0.385. The molecule has 2 aliphatic heterocycles. The summed E-state index contributed by atoms with van der Waals surface area (Å²) in [6.45, 7) is 3.98. The minimum atomic E-state index is -3.93. The first-order valence-electron chi connectivity index (χ1n) is 13.0. The summed E-state index contributed by atoms with van der Waals surface area (Å²) in [6.07, 6.45) is 0. The molecule has 2 aliphatic rings. The Kier molecular flexibility index (Phi) is 9.59. The number of aliphatic carboxylic acids is 1. The van der Waals surface area contributed by atoms with Crippen molar-refractivity contribution < 1.29 is 36.3 Å². The molecular formula is C26H33N4O8S2. The van der Waals surface area contributed by atoms with Crippen LogP contribution >= 0.6 is 0 Å². The molecule has 40 heavy (non-hydrogen) atoms. The van der Waals surface area contributed by atoms with Crippen molar-refractivity contribution in [2.24, 2.45) is 0 Å². The number of rotatable bonds is 10. The Bertz CT molecular complexity index is 1430. The molecule has 12 nitrogen and oxygen atoms in total. The van der Waals surface area contributed by atoms with Crippen LogP contribution in [-0.4, -0.2) is 124 Å². The van der Waals surface area contributed by atoms with Gasteiger partial charge in [0.15, 0.2) is 0 Å². The summed E-state index contributed by atoms with van der Waals surface area (Å²) < 4.78 is 61.8. The molecule has 0 amide bonds. The number of nitrogens with zero attached hydrogens (tertiary/aromatic N) is 4. The molecule has 4 rings (SSSR count). The molecule has 0 saturated carbocycles. The van der Waals surface area contributed by atoms with Crippen LogP contribution in [0.1, 0.15) is 6.92 Å². The maximum atomic E-state index is 13.7. The summed E-state index contributed by atoms with van der Waals surface area (Å²) in [4.78, 5) is 26.3. The molecule has 0 unspecified atom stereocenters. The normalized spacial score (nSPS) is 18.4. The molecule has 0 aromatic heterocycles. The zero-order chi connectivity index (χ0) is 28.9. The number of sulfonamides is 2. The molecular weight excluding hydrogens is 560 g/mol. The van der Waals surface area contributed by atoms with Crippen molar-refractivity contribution in [3.05, 3.63) is 48.5 Å². The van der Waals surface area contributed by atoms with Gasteiger partial charge in [0.1, 0.15) is 0 Å². The van der Waals surface area contributed by atoms with Crippen LogP contribution in [0.15, 0.2) is 52.3 Å². The van der Waals surface area contributed by atoms with Crippen molar-refractivity contribution >= 4 is 32.0 Å². The topological polar surface area (TPSA) is 145 Å². The lowest BCUT2D eigenvalue weighted by molar-refractivity contribution is -0.144. The van der Waals surface area contributed by atoms with E-state index < -0.39 is 26.0 Å². The maximum Gasteiger partial charge on any atom is 0.320 e. The summed E-state index contributed by atoms with van der Waals surface area (Å²) in [5, 5.41) is 8.99. The van der Waals surface area contributed by atoms with Crippen molar-refractivity contribution in [3.63, 3.8) is 0 Å². The van der Waals surface area contributed by atoms with E-state index in [-0.39, 0.29) is 61.6 Å². The molecule has 1 N–H and O–H groups in total. The predicted octanol–water partition coefficient (Wildman–Crippen LogP) is 0.414. The minimum Gasteiger partial charge on any atom is -0.480 e. The van der Waals surface area contributed by atoms with Gasteiger partial charge in [-0.15, -0.1) is 0 Å². The lowest BCUT2D eigenvalue weighted by Crippen LogP contribution is -2.50. The van der Waals surface area contributed by atoms with Gasteiger partial charge in [-0.05, 0) is 24.6 Å². The Hall–Kier alpha value is -2.88. The number of carbonyl (C=O) groups excluding carboxylic acids is 1. The van der Waals surface area contributed by atoms with Crippen LogP contribution in [0, 0.1) is 6.07 Å². The van der Waals surface area contributed by atoms with Gasteiger partial charge < -0.3 is 9.84 Å². The van der Waals surface area contributed by atoms with E-state index in [9.17, 15) is 26.4 Å². The Morgan fingerprint density at radius 2 is 1.43 bits per heavy atom. The number of esters is 1. The highest BCUT2D eigenvalue weighted by molar-refractivity contribution is 7.89. The SMILES string of the molecule is CCOC(=O)CN1CCN(S(=O)(=O)c2ccccc2-c2cc[c]c(S(=O)(=O)N3CCN(CC(=O)O)CC3)c2)CC1. The van der Waals surface area contributed by atoms with Crippen LogP contribution in [0.25, 0.3) is 11.1 Å². The largest absolute Gasteiger partial charge is 0.480 e. The zero-order valence-electron chi connectivity index (χ0n) is 22.2. The van der Waals surface area contributed by atoms with E-state index in [0.29, 0.717) is 37.3 Å². The van der Waals surface area contributed by atoms with Gasteiger partial charge >= 0.3 is 11.9 Å². The van der Waals surface area contributed by atoms with Crippen molar-refractivity contribution in [2.75, 3.05) is 72.1 Å². The molecule has 1 radical (unpaired) electrons. The molecule has 2 aromatic carbocycles. The number of hydrogen-bond donors (Lipinski definition) is 1. The molecule has 2 aromatic rings. The van der Waals surface area contributed by atoms with E-state index in [1.165, 1.54) is 26.8 Å². The lowest BCUT2D eigenvalue weighted by Gasteiger charge is -2.33. The molecule has 14 heteroatoms. The average Bonchev–Trinajstić information content (AvgIpc) is 2.93. The minimum absolute atomic E-state index is 0.0608. The first-order chi connectivity index (χ1) is 19.0. The summed E-state index contributed by atoms with van der Waals surface area (Å²) in [5.74, 6) is -1.32. The third-order valence-electron chi connectivity index (χ3n) is 6.89. The van der Waals surface area contributed by atoms with Crippen molar-refractivity contribution in [1.29, 1.82) is 0 Å². The van der Waals surface area contributed by atoms with Gasteiger partial charge in [-0.25, -0.2) is 16.8 Å². The zero-order valence-corrected chi connectivity index (χ0v) is 23.9. The number of benzene rings is 2. The van der Waals surface area contributed by atoms with Crippen molar-refractivity contribution in [3.8, 4) is 11.1 Å². The van der Waals surface area contributed by atoms with Gasteiger partial charge in [-0.3, -0.25) is 19.4 Å². The van der Waals surface area contributed by atoms with Crippen LogP contribution < -0.4 is 0 Å². The Labute approximate surface area is 234 Å². The van der Waals surface area contributed by atoms with Crippen LogP contribution in [0.3, 0.4) is 0 Å². The number of carbonyl (C=O) groups is 2. The second-order valence-electron chi connectivity index (χ2n) is 9.50. The maximum absolute atomic E-state index is 13.7. The predicted molar refractivity (Wildman–Crippen MR) is 145 cm³/mol. The smallest absolute Gasteiger partial charge is 0.320 e. The standard InChI is InChI=1S/C26H33N4O8S2/c1-2-38-26(33)20-28-12-16-30(17-13-28)40(36,37)24-9-4-3-8-23(24)21-6-5-7-22(18-21)39(34,35)29-14-10-27(11-15-29)19-25(31)32/h3-6,8-9,18H,2,10-17,19-20H2,1H3,(H,31,32). The summed E-state index contributed by atoms with van der Waals surface area (Å²) in [7, 11) is -7.85. The second-order valence-corrected chi connectivity index (χ2v) is 13.3. The van der Waals surface area contributed by atoms with Gasteiger partial charge in [0.25, 0.3) is 0 Å². The van der Waals surface area contributed by atoms with Gasteiger partial charge in [0.05, 0.1) is 29.5 Å². The van der Waals surface area contributed by atoms with Crippen LogP contribution in [-0.2, 0) is 34.4 Å². The third-order valence-corrected chi connectivity index (χ3v) is 10.7. The number of ether oxygens (including phenoxy) is 1.